The van der Waals surface area contributed by atoms with Crippen LogP contribution in [0.1, 0.15) is 29.6 Å². The third kappa shape index (κ3) is 4.47. The Morgan fingerprint density at radius 3 is 2.41 bits per heavy atom. The predicted molar refractivity (Wildman–Crippen MR) is 124 cm³/mol. The molecule has 1 aromatic carbocycles. The summed E-state index contributed by atoms with van der Waals surface area (Å²) in [5.41, 5.74) is -0.310. The summed E-state index contributed by atoms with van der Waals surface area (Å²) in [6, 6.07) is 10.6. The first-order valence-corrected chi connectivity index (χ1v) is 11.9. The number of alkyl halides is 3. The van der Waals surface area contributed by atoms with Crippen LogP contribution in [0.25, 0.3) is 22.3 Å². The Bertz CT molecular complexity index is 1460. The summed E-state index contributed by atoms with van der Waals surface area (Å²) in [6.45, 7) is 6.47. The monoisotopic (exact) mass is 489 g/mol. The molecule has 0 radical (unpaired) electrons. The van der Waals surface area contributed by atoms with Crippen molar-refractivity contribution in [2.75, 3.05) is 4.72 Å². The van der Waals surface area contributed by atoms with Gasteiger partial charge in [0.05, 0.1) is 18.4 Å². The van der Waals surface area contributed by atoms with Gasteiger partial charge in [-0.2, -0.15) is 21.6 Å². The molecule has 4 rings (SSSR count). The molecule has 0 unspecified atom stereocenters. The molecule has 0 saturated carbocycles. The Kier molecular flexibility index (Phi) is 6.07. The van der Waals surface area contributed by atoms with Crippen LogP contribution in [0.4, 0.5) is 18.9 Å². The summed E-state index contributed by atoms with van der Waals surface area (Å²) >= 11 is 0. The van der Waals surface area contributed by atoms with Gasteiger partial charge in [0, 0.05) is 23.9 Å². The molecule has 4 aromatic rings. The van der Waals surface area contributed by atoms with Gasteiger partial charge in [-0.25, -0.2) is 9.97 Å². The van der Waals surface area contributed by atoms with Crippen molar-refractivity contribution in [3.8, 4) is 11.1 Å². The third-order valence-corrected chi connectivity index (χ3v) is 6.49. The summed E-state index contributed by atoms with van der Waals surface area (Å²) < 4.78 is 65.3. The fraction of sp³-hybridized carbons (Fsp3) is 0.261. The zero-order valence-electron chi connectivity index (χ0n) is 18.7. The van der Waals surface area contributed by atoms with E-state index in [1.165, 1.54) is 12.3 Å². The molecule has 0 saturated heterocycles. The molecule has 34 heavy (non-hydrogen) atoms. The van der Waals surface area contributed by atoms with Gasteiger partial charge in [0.1, 0.15) is 11.3 Å². The molecule has 0 atom stereocenters. The van der Waals surface area contributed by atoms with E-state index in [4.69, 9.17) is 4.98 Å². The number of halogens is 3. The number of fused-ring (bicyclic) bond motifs is 1. The van der Waals surface area contributed by atoms with Crippen LogP contribution >= 0.6 is 0 Å². The number of imidazole rings is 1. The minimum absolute atomic E-state index is 0.253. The lowest BCUT2D eigenvalue weighted by atomic mass is 10.0. The van der Waals surface area contributed by atoms with E-state index in [0.29, 0.717) is 12.1 Å². The molecule has 1 N–H and O–H groups in total. The van der Waals surface area contributed by atoms with Crippen LogP contribution in [-0.2, 0) is 23.0 Å². The lowest BCUT2D eigenvalue weighted by Crippen LogP contribution is -2.30. The highest BCUT2D eigenvalue weighted by molar-refractivity contribution is 7.93. The molecular weight excluding hydrogens is 467 g/mol. The molecule has 7 nitrogen and oxygen atoms in total. The Morgan fingerprint density at radius 1 is 1.06 bits per heavy atom. The Balaban J connectivity index is 1.67. The predicted octanol–water partition coefficient (Wildman–Crippen LogP) is 4.98. The van der Waals surface area contributed by atoms with Crippen LogP contribution in [0.5, 0.6) is 0 Å². The van der Waals surface area contributed by atoms with Crippen molar-refractivity contribution in [3.05, 3.63) is 71.4 Å². The average molecular weight is 490 g/mol. The number of nitrogens with zero attached hydrogens (tertiary/aromatic N) is 4. The lowest BCUT2D eigenvalue weighted by molar-refractivity contribution is -0.0429. The Morgan fingerprint density at radius 2 is 1.76 bits per heavy atom. The van der Waals surface area contributed by atoms with Crippen molar-refractivity contribution in [3.63, 3.8) is 0 Å². The van der Waals surface area contributed by atoms with E-state index in [2.05, 4.69) is 14.5 Å². The molecule has 3 heterocycles. The van der Waals surface area contributed by atoms with E-state index in [9.17, 15) is 21.6 Å². The van der Waals surface area contributed by atoms with Gasteiger partial charge in [-0.1, -0.05) is 31.2 Å². The second-order valence-corrected chi connectivity index (χ2v) is 9.56. The Hall–Kier alpha value is -3.47. The quantitative estimate of drug-likeness (QED) is 0.413. The highest BCUT2D eigenvalue weighted by Gasteiger charge is 2.46. The SMILES string of the molecule is CCc1nc2c(C)cc(C)nc2n1Cc1ccc(-c2ccncc2NS(=O)(=O)C(F)(F)F)cc1. The number of hydrogen-bond donors (Lipinski definition) is 1. The van der Waals surface area contributed by atoms with Gasteiger partial charge in [-0.15, -0.1) is 0 Å². The minimum atomic E-state index is -5.57. The van der Waals surface area contributed by atoms with E-state index in [1.807, 2.05) is 39.0 Å². The van der Waals surface area contributed by atoms with E-state index < -0.39 is 15.5 Å². The second kappa shape index (κ2) is 8.71. The smallest absolute Gasteiger partial charge is 0.308 e. The molecule has 0 spiro atoms. The molecule has 0 aliphatic heterocycles. The standard InChI is InChI=1S/C23H22F3N5O2S/c1-4-20-29-21-14(2)11-15(3)28-22(21)31(20)13-16-5-7-17(8-6-16)18-9-10-27-12-19(18)30-34(32,33)23(24,25)26/h5-12,30H,4,13H2,1-3H3. The number of aryl methyl sites for hydroxylation is 3. The van der Waals surface area contributed by atoms with Crippen molar-refractivity contribution in [2.24, 2.45) is 0 Å². The number of rotatable bonds is 6. The van der Waals surface area contributed by atoms with Gasteiger partial charge in [-0.05, 0) is 42.7 Å². The van der Waals surface area contributed by atoms with Gasteiger partial charge in [-0.3, -0.25) is 9.71 Å². The maximum Gasteiger partial charge on any atom is 0.516 e. The summed E-state index contributed by atoms with van der Waals surface area (Å²) in [7, 11) is -5.57. The normalized spacial score (nSPS) is 12.3. The molecule has 0 aliphatic rings. The number of anilines is 1. The van der Waals surface area contributed by atoms with Crippen LogP contribution in [0.2, 0.25) is 0 Å². The van der Waals surface area contributed by atoms with Gasteiger partial charge in [0.2, 0.25) is 0 Å². The van der Waals surface area contributed by atoms with E-state index >= 15 is 0 Å². The van der Waals surface area contributed by atoms with E-state index in [1.54, 1.807) is 16.9 Å². The summed E-state index contributed by atoms with van der Waals surface area (Å²) in [4.78, 5) is 13.2. The topological polar surface area (TPSA) is 89.8 Å². The van der Waals surface area contributed by atoms with Crippen LogP contribution in [0.3, 0.4) is 0 Å². The highest BCUT2D eigenvalue weighted by atomic mass is 32.2. The Labute approximate surface area is 194 Å². The summed E-state index contributed by atoms with van der Waals surface area (Å²) in [5.74, 6) is 0.901. The van der Waals surface area contributed by atoms with Crippen molar-refractivity contribution in [1.29, 1.82) is 0 Å². The van der Waals surface area contributed by atoms with Crippen molar-refractivity contribution in [2.45, 2.75) is 39.2 Å². The molecule has 11 heteroatoms. The average Bonchev–Trinajstić information content (AvgIpc) is 3.11. The lowest BCUT2D eigenvalue weighted by Gasteiger charge is -2.14. The zero-order chi connectivity index (χ0) is 24.7. The van der Waals surface area contributed by atoms with Gasteiger partial charge >= 0.3 is 15.5 Å². The van der Waals surface area contributed by atoms with Crippen molar-refractivity contribution < 1.29 is 21.6 Å². The zero-order valence-corrected chi connectivity index (χ0v) is 19.5. The van der Waals surface area contributed by atoms with Gasteiger partial charge in [0.25, 0.3) is 0 Å². The number of aromatic nitrogens is 4. The molecule has 0 fully saturated rings. The summed E-state index contributed by atoms with van der Waals surface area (Å²) in [6.07, 6.45) is 3.16. The first-order valence-electron chi connectivity index (χ1n) is 10.5. The first kappa shape index (κ1) is 23.7. The minimum Gasteiger partial charge on any atom is -0.308 e. The number of benzene rings is 1. The number of sulfonamides is 1. The van der Waals surface area contributed by atoms with Crippen LogP contribution < -0.4 is 4.72 Å². The summed E-state index contributed by atoms with van der Waals surface area (Å²) in [5, 5.41) is 0. The molecular formula is C23H22F3N5O2S. The second-order valence-electron chi connectivity index (χ2n) is 7.89. The number of hydrogen-bond acceptors (Lipinski definition) is 5. The maximum atomic E-state index is 12.8. The van der Waals surface area contributed by atoms with Crippen molar-refractivity contribution in [1.82, 2.24) is 19.5 Å². The highest BCUT2D eigenvalue weighted by Crippen LogP contribution is 2.32. The van der Waals surface area contributed by atoms with E-state index in [0.717, 1.165) is 46.4 Å². The molecule has 0 aliphatic carbocycles. The van der Waals surface area contributed by atoms with Crippen LogP contribution in [0, 0.1) is 13.8 Å². The number of nitrogens with one attached hydrogen (secondary N) is 1. The van der Waals surface area contributed by atoms with E-state index in [-0.39, 0.29) is 11.3 Å². The van der Waals surface area contributed by atoms with Gasteiger partial charge < -0.3 is 4.57 Å². The maximum absolute atomic E-state index is 12.8. The van der Waals surface area contributed by atoms with Crippen molar-refractivity contribution >= 4 is 26.9 Å². The number of pyridine rings is 2. The van der Waals surface area contributed by atoms with Gasteiger partial charge in [0.15, 0.2) is 5.65 Å². The molecule has 3 aromatic heterocycles. The molecule has 178 valence electrons. The molecule has 0 amide bonds. The van der Waals surface area contributed by atoms with Crippen LogP contribution in [0.15, 0.2) is 48.8 Å². The fourth-order valence-electron chi connectivity index (χ4n) is 3.79. The van der Waals surface area contributed by atoms with Crippen LogP contribution in [-0.4, -0.2) is 33.4 Å². The first-order chi connectivity index (χ1) is 16.0. The largest absolute Gasteiger partial charge is 0.516 e. The third-order valence-electron chi connectivity index (χ3n) is 5.39. The molecule has 0 bridgehead atoms. The fourth-order valence-corrected chi connectivity index (χ4v) is 4.35.